The highest BCUT2D eigenvalue weighted by Gasteiger charge is 2.17. The molecule has 1 aliphatic heterocycles. The van der Waals surface area contributed by atoms with Gasteiger partial charge in [-0.15, -0.1) is 0 Å². The highest BCUT2D eigenvalue weighted by Crippen LogP contribution is 2.13. The van der Waals surface area contributed by atoms with Gasteiger partial charge in [-0.3, -0.25) is 4.79 Å². The van der Waals surface area contributed by atoms with Gasteiger partial charge in [0.2, 0.25) is 5.91 Å². The van der Waals surface area contributed by atoms with Crippen LogP contribution in [0.2, 0.25) is 5.02 Å². The van der Waals surface area contributed by atoms with Crippen LogP contribution in [0.1, 0.15) is 18.9 Å². The molecule has 2 rings (SSSR count). The number of halogens is 1. The lowest BCUT2D eigenvalue weighted by atomic mass is 10.1. The van der Waals surface area contributed by atoms with Gasteiger partial charge in [-0.05, 0) is 31.0 Å². The Hall–Kier alpha value is -0.710. The van der Waals surface area contributed by atoms with E-state index in [2.05, 4.69) is 10.6 Å². The topological polar surface area (TPSA) is 41.1 Å². The number of rotatable bonds is 5. The number of hydrogen-bond donors (Lipinski definition) is 2. The van der Waals surface area contributed by atoms with Crippen molar-refractivity contribution in [3.63, 3.8) is 0 Å². The lowest BCUT2D eigenvalue weighted by Gasteiger charge is -2.23. The monoisotopic (exact) mass is 312 g/mol. The Kier molecular flexibility index (Phi) is 6.20. The van der Waals surface area contributed by atoms with E-state index in [0.717, 1.165) is 35.1 Å². The van der Waals surface area contributed by atoms with Crippen LogP contribution in [0, 0.1) is 0 Å². The van der Waals surface area contributed by atoms with Gasteiger partial charge in [-0.1, -0.05) is 23.7 Å². The smallest absolute Gasteiger partial charge is 0.221 e. The average molecular weight is 313 g/mol. The second kappa shape index (κ2) is 7.91. The van der Waals surface area contributed by atoms with Crippen molar-refractivity contribution in [2.75, 3.05) is 18.1 Å². The molecule has 1 saturated heterocycles. The zero-order chi connectivity index (χ0) is 14.4. The molecule has 2 unspecified atom stereocenters. The second-order valence-corrected chi connectivity index (χ2v) is 6.82. The molecule has 1 aromatic rings. The van der Waals surface area contributed by atoms with Gasteiger partial charge < -0.3 is 10.6 Å². The fourth-order valence-corrected chi connectivity index (χ4v) is 3.54. The summed E-state index contributed by atoms with van der Waals surface area (Å²) in [6.07, 6.45) is 1.37. The van der Waals surface area contributed by atoms with Crippen molar-refractivity contribution >= 4 is 29.3 Å². The molecule has 2 N–H and O–H groups in total. The standard InChI is InChI=1S/C15H21ClN2OS/c1-11(7-12-3-2-4-13(16)8-12)18-15(19)9-14-10-20-6-5-17-14/h2-4,8,11,14,17H,5-7,9-10H2,1H3,(H,18,19). The van der Waals surface area contributed by atoms with Gasteiger partial charge in [-0.25, -0.2) is 0 Å². The van der Waals surface area contributed by atoms with Gasteiger partial charge in [0, 0.05) is 41.6 Å². The molecule has 0 aromatic heterocycles. The van der Waals surface area contributed by atoms with Crippen LogP contribution >= 0.6 is 23.4 Å². The fraction of sp³-hybridized carbons (Fsp3) is 0.533. The maximum atomic E-state index is 12.0. The van der Waals surface area contributed by atoms with Crippen LogP contribution in [0.15, 0.2) is 24.3 Å². The molecular weight excluding hydrogens is 292 g/mol. The Balaban J connectivity index is 1.75. The Bertz CT molecular complexity index is 449. The lowest BCUT2D eigenvalue weighted by Crippen LogP contribution is -2.43. The summed E-state index contributed by atoms with van der Waals surface area (Å²) in [5.74, 6) is 2.29. The van der Waals surface area contributed by atoms with Gasteiger partial charge >= 0.3 is 0 Å². The molecule has 2 atom stereocenters. The number of nitrogens with one attached hydrogen (secondary N) is 2. The molecule has 3 nitrogen and oxygen atoms in total. The predicted molar refractivity (Wildman–Crippen MR) is 86.5 cm³/mol. The van der Waals surface area contributed by atoms with Crippen molar-refractivity contribution in [1.82, 2.24) is 10.6 Å². The van der Waals surface area contributed by atoms with Crippen LogP contribution in [0.5, 0.6) is 0 Å². The molecule has 1 aliphatic rings. The summed E-state index contributed by atoms with van der Waals surface area (Å²) in [4.78, 5) is 12.0. The fourth-order valence-electron chi connectivity index (χ4n) is 2.38. The molecular formula is C15H21ClN2OS. The number of hydrogen-bond acceptors (Lipinski definition) is 3. The normalized spacial score (nSPS) is 20.4. The quantitative estimate of drug-likeness (QED) is 0.877. The maximum absolute atomic E-state index is 12.0. The number of thioether (sulfide) groups is 1. The third-order valence-corrected chi connectivity index (χ3v) is 4.63. The third kappa shape index (κ3) is 5.35. The van der Waals surface area contributed by atoms with Gasteiger partial charge in [0.05, 0.1) is 0 Å². The minimum absolute atomic E-state index is 0.122. The molecule has 0 saturated carbocycles. The molecule has 110 valence electrons. The molecule has 0 aliphatic carbocycles. The summed E-state index contributed by atoms with van der Waals surface area (Å²) in [6.45, 7) is 3.03. The van der Waals surface area contributed by atoms with Gasteiger partial charge in [0.25, 0.3) is 0 Å². The van der Waals surface area contributed by atoms with Crippen LogP contribution in [0.3, 0.4) is 0 Å². The van der Waals surface area contributed by atoms with Crippen LogP contribution in [0.4, 0.5) is 0 Å². The molecule has 1 aromatic carbocycles. The molecule has 1 amide bonds. The van der Waals surface area contributed by atoms with Gasteiger partial charge in [0.1, 0.15) is 0 Å². The van der Waals surface area contributed by atoms with Crippen LogP contribution in [-0.2, 0) is 11.2 Å². The zero-order valence-electron chi connectivity index (χ0n) is 11.7. The van der Waals surface area contributed by atoms with E-state index in [9.17, 15) is 4.79 Å². The second-order valence-electron chi connectivity index (χ2n) is 5.23. The van der Waals surface area contributed by atoms with E-state index >= 15 is 0 Å². The molecule has 0 bridgehead atoms. The van der Waals surface area contributed by atoms with Crippen molar-refractivity contribution in [2.24, 2.45) is 0 Å². The summed E-state index contributed by atoms with van der Waals surface area (Å²) in [6, 6.07) is 8.22. The Morgan fingerprint density at radius 1 is 1.60 bits per heavy atom. The first-order valence-corrected chi connectivity index (χ1v) is 8.51. The third-order valence-electron chi connectivity index (χ3n) is 3.27. The Labute approximate surface area is 129 Å². The largest absolute Gasteiger partial charge is 0.353 e. The molecule has 1 fully saturated rings. The number of carbonyl (C=O) groups is 1. The first kappa shape index (κ1) is 15.7. The lowest BCUT2D eigenvalue weighted by molar-refractivity contribution is -0.122. The predicted octanol–water partition coefficient (Wildman–Crippen LogP) is 2.48. The molecule has 0 radical (unpaired) electrons. The summed E-state index contributed by atoms with van der Waals surface area (Å²) in [5, 5.41) is 7.19. The molecule has 1 heterocycles. The van der Waals surface area contributed by atoms with E-state index in [-0.39, 0.29) is 11.9 Å². The first-order chi connectivity index (χ1) is 9.63. The van der Waals surface area contributed by atoms with E-state index < -0.39 is 0 Å². The summed E-state index contributed by atoms with van der Waals surface area (Å²) in [7, 11) is 0. The van der Waals surface area contributed by atoms with Crippen molar-refractivity contribution in [3.05, 3.63) is 34.9 Å². The average Bonchev–Trinajstić information content (AvgIpc) is 2.39. The molecule has 5 heteroatoms. The zero-order valence-corrected chi connectivity index (χ0v) is 13.3. The number of amides is 1. The van der Waals surface area contributed by atoms with Gasteiger partial charge in [-0.2, -0.15) is 11.8 Å². The van der Waals surface area contributed by atoms with E-state index in [1.54, 1.807) is 0 Å². The summed E-state index contributed by atoms with van der Waals surface area (Å²) >= 11 is 7.88. The summed E-state index contributed by atoms with van der Waals surface area (Å²) < 4.78 is 0. The van der Waals surface area contributed by atoms with E-state index in [4.69, 9.17) is 11.6 Å². The van der Waals surface area contributed by atoms with Gasteiger partial charge in [0.15, 0.2) is 0 Å². The van der Waals surface area contributed by atoms with Crippen molar-refractivity contribution in [3.8, 4) is 0 Å². The Morgan fingerprint density at radius 3 is 3.15 bits per heavy atom. The number of carbonyl (C=O) groups excluding carboxylic acids is 1. The molecule has 0 spiro atoms. The SMILES string of the molecule is CC(Cc1cccc(Cl)c1)NC(=O)CC1CSCCN1. The first-order valence-electron chi connectivity index (χ1n) is 6.98. The highest BCUT2D eigenvalue weighted by atomic mass is 35.5. The van der Waals surface area contributed by atoms with E-state index in [1.807, 2.05) is 43.0 Å². The van der Waals surface area contributed by atoms with Crippen molar-refractivity contribution in [2.45, 2.75) is 31.8 Å². The van der Waals surface area contributed by atoms with Crippen LogP contribution in [0.25, 0.3) is 0 Å². The minimum atomic E-state index is 0.122. The van der Waals surface area contributed by atoms with Crippen molar-refractivity contribution in [1.29, 1.82) is 0 Å². The van der Waals surface area contributed by atoms with Crippen LogP contribution in [-0.4, -0.2) is 36.0 Å². The number of benzene rings is 1. The molecule has 20 heavy (non-hydrogen) atoms. The Morgan fingerprint density at radius 2 is 2.45 bits per heavy atom. The summed E-state index contributed by atoms with van der Waals surface area (Å²) in [5.41, 5.74) is 1.15. The van der Waals surface area contributed by atoms with E-state index in [0.29, 0.717) is 12.5 Å². The van der Waals surface area contributed by atoms with Crippen molar-refractivity contribution < 1.29 is 4.79 Å². The highest BCUT2D eigenvalue weighted by molar-refractivity contribution is 7.99. The minimum Gasteiger partial charge on any atom is -0.353 e. The van der Waals surface area contributed by atoms with Crippen LogP contribution < -0.4 is 10.6 Å². The van der Waals surface area contributed by atoms with E-state index in [1.165, 1.54) is 0 Å². The maximum Gasteiger partial charge on any atom is 0.221 e.